The van der Waals surface area contributed by atoms with Crippen LogP contribution in [0.15, 0.2) is 4.99 Å². The Bertz CT molecular complexity index is 303. The Hall–Kier alpha value is -0.250. The van der Waals surface area contributed by atoms with Gasteiger partial charge in [-0.2, -0.15) is 0 Å². The molecule has 0 spiro atoms. The van der Waals surface area contributed by atoms with E-state index in [1.165, 1.54) is 0 Å². The second-order valence-corrected chi connectivity index (χ2v) is 5.41. The highest BCUT2D eigenvalue weighted by atomic mass is 32.2. The highest BCUT2D eigenvalue weighted by molar-refractivity contribution is 7.91. The minimum Gasteiger partial charge on any atom is -0.229 e. The topological polar surface area (TPSA) is 46.5 Å². The van der Waals surface area contributed by atoms with Crippen molar-refractivity contribution < 1.29 is 8.42 Å². The molecule has 1 saturated heterocycles. The molecule has 0 saturated carbocycles. The summed E-state index contributed by atoms with van der Waals surface area (Å²) >= 11 is 4.42. The van der Waals surface area contributed by atoms with Gasteiger partial charge in [-0.15, -0.1) is 0 Å². The first-order chi connectivity index (χ1) is 4.97. The molecule has 62 valence electrons. The van der Waals surface area contributed by atoms with Crippen LogP contribution in [-0.2, 0) is 9.84 Å². The third-order valence-electron chi connectivity index (χ3n) is 1.80. The van der Waals surface area contributed by atoms with E-state index in [1.807, 2.05) is 0 Å². The van der Waals surface area contributed by atoms with Crippen molar-refractivity contribution in [2.24, 2.45) is 4.99 Å². The van der Waals surface area contributed by atoms with Crippen molar-refractivity contribution in [1.82, 2.24) is 0 Å². The summed E-state index contributed by atoms with van der Waals surface area (Å²) in [7, 11) is -2.86. The van der Waals surface area contributed by atoms with Crippen LogP contribution < -0.4 is 0 Å². The molecule has 0 aromatic carbocycles. The molecule has 1 aliphatic heterocycles. The van der Waals surface area contributed by atoms with Gasteiger partial charge in [0.15, 0.2) is 9.84 Å². The van der Waals surface area contributed by atoms with Crippen molar-refractivity contribution >= 4 is 27.2 Å². The van der Waals surface area contributed by atoms with Crippen molar-refractivity contribution in [2.75, 3.05) is 11.5 Å². The number of hydrogen-bond acceptors (Lipinski definition) is 4. The Morgan fingerprint density at radius 1 is 1.64 bits per heavy atom. The lowest BCUT2D eigenvalue weighted by atomic mass is 10.0. The number of sulfone groups is 1. The Kier molecular flexibility index (Phi) is 2.14. The zero-order chi connectivity index (χ0) is 8.54. The fraction of sp³-hybridized carbons (Fsp3) is 0.833. The van der Waals surface area contributed by atoms with E-state index in [1.54, 1.807) is 6.92 Å². The van der Waals surface area contributed by atoms with Gasteiger partial charge in [0.1, 0.15) is 0 Å². The summed E-state index contributed by atoms with van der Waals surface area (Å²) in [5, 5.41) is 2.23. The van der Waals surface area contributed by atoms with Gasteiger partial charge in [-0.25, -0.2) is 13.4 Å². The van der Waals surface area contributed by atoms with Crippen LogP contribution in [0.2, 0.25) is 0 Å². The number of nitrogens with zero attached hydrogens (tertiary/aromatic N) is 1. The van der Waals surface area contributed by atoms with E-state index in [0.717, 1.165) is 0 Å². The van der Waals surface area contributed by atoms with Crippen molar-refractivity contribution in [3.63, 3.8) is 0 Å². The fourth-order valence-corrected chi connectivity index (χ4v) is 3.46. The molecule has 1 rings (SSSR count). The van der Waals surface area contributed by atoms with E-state index in [2.05, 4.69) is 22.4 Å². The predicted octanol–water partition coefficient (Wildman–Crippen LogP) is 0.666. The molecule has 11 heavy (non-hydrogen) atoms. The highest BCUT2D eigenvalue weighted by Crippen LogP contribution is 2.25. The summed E-state index contributed by atoms with van der Waals surface area (Å²) in [4.78, 5) is 3.84. The van der Waals surface area contributed by atoms with E-state index in [0.29, 0.717) is 6.42 Å². The molecule has 1 atom stereocenters. The maximum absolute atomic E-state index is 11.0. The first kappa shape index (κ1) is 8.84. The van der Waals surface area contributed by atoms with E-state index in [4.69, 9.17) is 0 Å². The van der Waals surface area contributed by atoms with Gasteiger partial charge in [0, 0.05) is 0 Å². The van der Waals surface area contributed by atoms with E-state index < -0.39 is 15.4 Å². The summed E-state index contributed by atoms with van der Waals surface area (Å²) in [6, 6.07) is 0. The van der Waals surface area contributed by atoms with Gasteiger partial charge < -0.3 is 0 Å². The van der Waals surface area contributed by atoms with Gasteiger partial charge in [-0.3, -0.25) is 0 Å². The van der Waals surface area contributed by atoms with Crippen LogP contribution >= 0.6 is 12.2 Å². The molecule has 0 bridgehead atoms. The van der Waals surface area contributed by atoms with Gasteiger partial charge in [-0.05, 0) is 25.6 Å². The number of isothiocyanates is 1. The second kappa shape index (κ2) is 2.66. The molecule has 1 aliphatic rings. The van der Waals surface area contributed by atoms with Crippen molar-refractivity contribution in [3.8, 4) is 0 Å². The average Bonchev–Trinajstić information content (AvgIpc) is 2.07. The summed E-state index contributed by atoms with van der Waals surface area (Å²) in [6.07, 6.45) is 0.568. The minimum atomic E-state index is -2.86. The SMILES string of the molecule is C[C@@]1(N=C=S)CCS(=O)(=O)C1. The van der Waals surface area contributed by atoms with Crippen LogP contribution in [0, 0.1) is 0 Å². The zero-order valence-corrected chi connectivity index (χ0v) is 7.83. The van der Waals surface area contributed by atoms with Gasteiger partial charge >= 0.3 is 0 Å². The van der Waals surface area contributed by atoms with E-state index >= 15 is 0 Å². The molecular formula is C6H9NO2S2. The fourth-order valence-electron chi connectivity index (χ4n) is 1.19. The normalized spacial score (nSPS) is 34.6. The molecular weight excluding hydrogens is 182 g/mol. The van der Waals surface area contributed by atoms with Gasteiger partial charge in [0.25, 0.3) is 0 Å². The molecule has 0 aromatic rings. The Morgan fingerprint density at radius 2 is 2.27 bits per heavy atom. The van der Waals surface area contributed by atoms with Crippen LogP contribution in [0.5, 0.6) is 0 Å². The summed E-state index contributed by atoms with van der Waals surface area (Å²) in [5.74, 6) is 0.341. The van der Waals surface area contributed by atoms with Crippen LogP contribution in [0.3, 0.4) is 0 Å². The molecule has 3 nitrogen and oxygen atoms in total. The van der Waals surface area contributed by atoms with E-state index in [9.17, 15) is 8.42 Å². The van der Waals surface area contributed by atoms with E-state index in [-0.39, 0.29) is 11.5 Å². The molecule has 1 heterocycles. The number of thiocarbonyl (C=S) groups is 1. The quantitative estimate of drug-likeness (QED) is 0.452. The Balaban J connectivity index is 2.89. The number of rotatable bonds is 1. The van der Waals surface area contributed by atoms with Gasteiger partial charge in [0.2, 0.25) is 0 Å². The number of hydrogen-bond donors (Lipinski definition) is 0. The second-order valence-electron chi connectivity index (χ2n) is 3.04. The molecule has 0 amide bonds. The third kappa shape index (κ3) is 2.09. The molecule has 5 heteroatoms. The molecule has 0 aromatic heterocycles. The Morgan fingerprint density at radius 3 is 2.64 bits per heavy atom. The maximum Gasteiger partial charge on any atom is 0.152 e. The van der Waals surface area contributed by atoms with Crippen LogP contribution in [-0.4, -0.2) is 30.6 Å². The molecule has 0 unspecified atom stereocenters. The van der Waals surface area contributed by atoms with Gasteiger partial charge in [0.05, 0.1) is 22.2 Å². The predicted molar refractivity (Wildman–Crippen MR) is 46.7 cm³/mol. The lowest BCUT2D eigenvalue weighted by Crippen LogP contribution is -2.22. The summed E-state index contributed by atoms with van der Waals surface area (Å²) in [6.45, 7) is 1.79. The minimum absolute atomic E-state index is 0.115. The van der Waals surface area contributed by atoms with Gasteiger partial charge in [-0.1, -0.05) is 0 Å². The average molecular weight is 191 g/mol. The van der Waals surface area contributed by atoms with Crippen LogP contribution in [0.1, 0.15) is 13.3 Å². The Labute approximate surface area is 71.4 Å². The maximum atomic E-state index is 11.0. The molecule has 1 fully saturated rings. The smallest absolute Gasteiger partial charge is 0.152 e. The molecule has 0 radical (unpaired) electrons. The zero-order valence-electron chi connectivity index (χ0n) is 6.20. The largest absolute Gasteiger partial charge is 0.229 e. The lowest BCUT2D eigenvalue weighted by molar-refractivity contribution is 0.537. The number of aliphatic imine (C=N–C) groups is 1. The third-order valence-corrected chi connectivity index (χ3v) is 3.78. The molecule has 0 N–H and O–H groups in total. The van der Waals surface area contributed by atoms with Crippen LogP contribution in [0.25, 0.3) is 0 Å². The lowest BCUT2D eigenvalue weighted by Gasteiger charge is -2.12. The standard InChI is InChI=1S/C6H9NO2S2/c1-6(7-5-10)2-3-11(8,9)4-6/h2-4H2,1H3/t6-/m1/s1. The highest BCUT2D eigenvalue weighted by Gasteiger charge is 2.37. The molecule has 0 aliphatic carbocycles. The van der Waals surface area contributed by atoms with Crippen molar-refractivity contribution in [1.29, 1.82) is 0 Å². The summed E-state index contributed by atoms with van der Waals surface area (Å²) in [5.41, 5.74) is -0.499. The monoisotopic (exact) mass is 191 g/mol. The van der Waals surface area contributed by atoms with Crippen molar-refractivity contribution in [2.45, 2.75) is 18.9 Å². The van der Waals surface area contributed by atoms with Crippen molar-refractivity contribution in [3.05, 3.63) is 0 Å². The first-order valence-corrected chi connectivity index (χ1v) is 5.50. The van der Waals surface area contributed by atoms with Crippen LogP contribution in [0.4, 0.5) is 0 Å². The summed E-state index contributed by atoms with van der Waals surface area (Å²) < 4.78 is 22.0. The first-order valence-electron chi connectivity index (χ1n) is 3.27.